The van der Waals surface area contributed by atoms with Crippen molar-refractivity contribution in [2.75, 3.05) is 12.4 Å². The van der Waals surface area contributed by atoms with Gasteiger partial charge in [0.15, 0.2) is 5.82 Å². The summed E-state index contributed by atoms with van der Waals surface area (Å²) in [6.07, 6.45) is 1.52. The molecule has 0 bridgehead atoms. The summed E-state index contributed by atoms with van der Waals surface area (Å²) in [5.41, 5.74) is 1.23. The molecule has 0 aliphatic heterocycles. The maximum absolute atomic E-state index is 14.2. The van der Waals surface area contributed by atoms with Crippen LogP contribution >= 0.6 is 15.9 Å². The van der Waals surface area contributed by atoms with Gasteiger partial charge in [0.25, 0.3) is 0 Å². The maximum Gasteiger partial charge on any atom is 0.165 e. The monoisotopic (exact) mass is 353 g/mol. The number of benzene rings is 2. The Balaban J connectivity index is 2.05. The Morgan fingerprint density at radius 3 is 2.81 bits per heavy atom. The highest BCUT2D eigenvalue weighted by atomic mass is 79.9. The quantitative estimate of drug-likeness (QED) is 0.735. The summed E-state index contributed by atoms with van der Waals surface area (Å²) in [7, 11) is 1.45. The fourth-order valence-electron chi connectivity index (χ4n) is 2.03. The number of anilines is 2. The second-order valence-electron chi connectivity index (χ2n) is 4.39. The molecule has 0 saturated carbocycles. The van der Waals surface area contributed by atoms with E-state index in [4.69, 9.17) is 4.74 Å². The zero-order valence-electron chi connectivity index (χ0n) is 10.9. The highest BCUT2D eigenvalue weighted by Crippen LogP contribution is 2.34. The van der Waals surface area contributed by atoms with Crippen LogP contribution in [0.3, 0.4) is 0 Å². The zero-order chi connectivity index (χ0) is 15.0. The van der Waals surface area contributed by atoms with E-state index in [9.17, 15) is 8.78 Å². The number of hydrogen-bond donors (Lipinski definition) is 2. The molecule has 1 heterocycles. The molecule has 108 valence electrons. The van der Waals surface area contributed by atoms with Crippen LogP contribution in [0.2, 0.25) is 0 Å². The third-order valence-corrected chi connectivity index (χ3v) is 3.78. The number of halogens is 3. The van der Waals surface area contributed by atoms with E-state index in [2.05, 4.69) is 31.4 Å². The van der Waals surface area contributed by atoms with Gasteiger partial charge in [0.1, 0.15) is 17.1 Å². The van der Waals surface area contributed by atoms with E-state index in [1.807, 2.05) is 0 Å². The van der Waals surface area contributed by atoms with Crippen LogP contribution in [0.1, 0.15) is 0 Å². The van der Waals surface area contributed by atoms with E-state index in [-0.39, 0.29) is 4.47 Å². The Morgan fingerprint density at radius 2 is 2.05 bits per heavy atom. The molecule has 0 fully saturated rings. The van der Waals surface area contributed by atoms with Crippen LogP contribution in [0.25, 0.3) is 10.9 Å². The topological polar surface area (TPSA) is 49.9 Å². The van der Waals surface area contributed by atoms with Crippen LogP contribution < -0.4 is 10.1 Å². The molecule has 2 N–H and O–H groups in total. The van der Waals surface area contributed by atoms with E-state index in [1.165, 1.54) is 25.4 Å². The highest BCUT2D eigenvalue weighted by molar-refractivity contribution is 9.10. The van der Waals surface area contributed by atoms with Crippen molar-refractivity contribution in [1.82, 2.24) is 10.2 Å². The minimum atomic E-state index is -0.462. The van der Waals surface area contributed by atoms with Crippen molar-refractivity contribution >= 4 is 38.2 Å². The first-order chi connectivity index (χ1) is 10.1. The summed E-state index contributed by atoms with van der Waals surface area (Å²) < 4.78 is 32.9. The fourth-order valence-corrected chi connectivity index (χ4v) is 2.44. The van der Waals surface area contributed by atoms with E-state index in [0.29, 0.717) is 28.0 Å². The van der Waals surface area contributed by atoms with Gasteiger partial charge in [0, 0.05) is 23.2 Å². The lowest BCUT2D eigenvalue weighted by Gasteiger charge is -2.11. The smallest absolute Gasteiger partial charge is 0.165 e. The molecule has 1 aromatic heterocycles. The lowest BCUT2D eigenvalue weighted by Crippen LogP contribution is -1.96. The molecular formula is C14H10BrF2N3O. The number of nitrogens with zero attached hydrogens (tertiary/aromatic N) is 1. The lowest BCUT2D eigenvalue weighted by molar-refractivity contribution is 0.411. The molecule has 0 amide bonds. The number of hydrogen-bond acceptors (Lipinski definition) is 3. The van der Waals surface area contributed by atoms with E-state index in [1.54, 1.807) is 12.1 Å². The van der Waals surface area contributed by atoms with Crippen molar-refractivity contribution in [1.29, 1.82) is 0 Å². The molecule has 0 unspecified atom stereocenters. The van der Waals surface area contributed by atoms with Gasteiger partial charge in [0.2, 0.25) is 0 Å². The summed E-state index contributed by atoms with van der Waals surface area (Å²) >= 11 is 3.19. The molecule has 0 radical (unpaired) electrons. The normalized spacial score (nSPS) is 10.9. The number of aromatic amines is 1. The van der Waals surface area contributed by atoms with Crippen LogP contribution in [0.15, 0.2) is 34.9 Å². The van der Waals surface area contributed by atoms with Gasteiger partial charge in [-0.05, 0) is 28.1 Å². The minimum Gasteiger partial charge on any atom is -0.497 e. The summed E-state index contributed by atoms with van der Waals surface area (Å²) in [4.78, 5) is 0. The molecule has 2 aromatic carbocycles. The molecule has 0 aliphatic rings. The first-order valence-electron chi connectivity index (χ1n) is 6.01. The SMILES string of the molecule is COc1cc(F)cc(Nc2cc3cn[nH]c3c(F)c2Br)c1. The van der Waals surface area contributed by atoms with Gasteiger partial charge in [-0.1, -0.05) is 0 Å². The Labute approximate surface area is 127 Å². The van der Waals surface area contributed by atoms with Gasteiger partial charge in [-0.25, -0.2) is 8.78 Å². The standard InChI is InChI=1S/C14H10BrF2N3O/c1-21-10-4-8(16)3-9(5-10)19-11-2-7-6-18-20-14(7)13(17)12(11)15/h2-6,19H,1H3,(H,18,20). The lowest BCUT2D eigenvalue weighted by atomic mass is 10.2. The van der Waals surface area contributed by atoms with Gasteiger partial charge in [-0.15, -0.1) is 0 Å². The van der Waals surface area contributed by atoms with Crippen molar-refractivity contribution < 1.29 is 13.5 Å². The van der Waals surface area contributed by atoms with Crippen molar-refractivity contribution in [2.45, 2.75) is 0 Å². The number of aromatic nitrogens is 2. The number of nitrogens with one attached hydrogen (secondary N) is 2. The van der Waals surface area contributed by atoms with Crippen LogP contribution in [0.5, 0.6) is 5.75 Å². The van der Waals surface area contributed by atoms with Crippen molar-refractivity contribution in [2.24, 2.45) is 0 Å². The Hall–Kier alpha value is -2.15. The molecule has 0 aliphatic carbocycles. The molecule has 7 heteroatoms. The number of H-pyrrole nitrogens is 1. The Morgan fingerprint density at radius 1 is 1.24 bits per heavy atom. The maximum atomic E-state index is 14.2. The predicted molar refractivity (Wildman–Crippen MR) is 80.0 cm³/mol. The predicted octanol–water partition coefficient (Wildman–Crippen LogP) is 4.36. The van der Waals surface area contributed by atoms with Gasteiger partial charge in [0.05, 0.1) is 23.5 Å². The number of rotatable bonds is 3. The van der Waals surface area contributed by atoms with Crippen LogP contribution in [-0.2, 0) is 0 Å². The fraction of sp³-hybridized carbons (Fsp3) is 0.0714. The minimum absolute atomic E-state index is 0.238. The second kappa shape index (κ2) is 5.33. The van der Waals surface area contributed by atoms with Crippen LogP contribution in [0.4, 0.5) is 20.2 Å². The molecule has 21 heavy (non-hydrogen) atoms. The summed E-state index contributed by atoms with van der Waals surface area (Å²) in [6.45, 7) is 0. The van der Waals surface area contributed by atoms with Crippen molar-refractivity contribution in [3.05, 3.63) is 46.6 Å². The summed E-state index contributed by atoms with van der Waals surface area (Å²) in [6, 6.07) is 5.89. The third-order valence-electron chi connectivity index (χ3n) is 3.00. The van der Waals surface area contributed by atoms with Gasteiger partial charge >= 0.3 is 0 Å². The van der Waals surface area contributed by atoms with Gasteiger partial charge in [-0.2, -0.15) is 5.10 Å². The van der Waals surface area contributed by atoms with E-state index >= 15 is 0 Å². The number of fused-ring (bicyclic) bond motifs is 1. The first kappa shape index (κ1) is 13.8. The van der Waals surface area contributed by atoms with E-state index in [0.717, 1.165) is 0 Å². The van der Waals surface area contributed by atoms with E-state index < -0.39 is 11.6 Å². The molecule has 0 atom stereocenters. The molecule has 0 spiro atoms. The third kappa shape index (κ3) is 2.56. The number of methoxy groups -OCH3 is 1. The van der Waals surface area contributed by atoms with Gasteiger partial charge in [-0.3, -0.25) is 5.10 Å². The second-order valence-corrected chi connectivity index (χ2v) is 5.18. The van der Waals surface area contributed by atoms with Crippen LogP contribution in [-0.4, -0.2) is 17.3 Å². The Kier molecular flexibility index (Phi) is 3.50. The zero-order valence-corrected chi connectivity index (χ0v) is 12.5. The Bertz CT molecular complexity index is 819. The molecule has 0 saturated heterocycles. The van der Waals surface area contributed by atoms with Crippen LogP contribution in [0, 0.1) is 11.6 Å². The number of ether oxygens (including phenoxy) is 1. The molecular weight excluding hydrogens is 344 g/mol. The average molecular weight is 354 g/mol. The summed E-state index contributed by atoms with van der Waals surface area (Å²) in [5.74, 6) is -0.535. The van der Waals surface area contributed by atoms with Crippen molar-refractivity contribution in [3.8, 4) is 5.75 Å². The summed E-state index contributed by atoms with van der Waals surface area (Å²) in [5, 5.41) is 9.96. The highest BCUT2D eigenvalue weighted by Gasteiger charge is 2.13. The largest absolute Gasteiger partial charge is 0.497 e. The average Bonchev–Trinajstić information content (AvgIpc) is 2.92. The van der Waals surface area contributed by atoms with Gasteiger partial charge < -0.3 is 10.1 Å². The van der Waals surface area contributed by atoms with Crippen molar-refractivity contribution in [3.63, 3.8) is 0 Å². The molecule has 3 aromatic rings. The first-order valence-corrected chi connectivity index (χ1v) is 6.80. The molecule has 4 nitrogen and oxygen atoms in total. The molecule has 3 rings (SSSR count).